The average Bonchev–Trinajstić information content (AvgIpc) is 3.09. The van der Waals surface area contributed by atoms with Crippen LogP contribution >= 0.6 is 34.3 Å². The maximum atomic E-state index is 6.01. The van der Waals surface area contributed by atoms with E-state index in [0.29, 0.717) is 5.02 Å². The molecule has 0 spiro atoms. The van der Waals surface area contributed by atoms with E-state index >= 15 is 0 Å². The number of halogens is 1. The van der Waals surface area contributed by atoms with Crippen molar-refractivity contribution in [2.45, 2.75) is 0 Å². The summed E-state index contributed by atoms with van der Waals surface area (Å²) in [5.41, 5.74) is 1.79. The number of rotatable bonds is 3. The van der Waals surface area contributed by atoms with Crippen LogP contribution < -0.4 is 10.1 Å². The SMILES string of the molecule is COc1cccc2sc(Nc3nc4ccc(Cl)cc4s3)nc12. The third-order valence-corrected chi connectivity index (χ3v) is 5.27. The number of fused-ring (bicyclic) bond motifs is 2. The van der Waals surface area contributed by atoms with Crippen LogP contribution in [0.1, 0.15) is 0 Å². The zero-order chi connectivity index (χ0) is 15.1. The first-order chi connectivity index (χ1) is 10.7. The van der Waals surface area contributed by atoms with Gasteiger partial charge in [-0.3, -0.25) is 0 Å². The number of hydrogen-bond acceptors (Lipinski definition) is 6. The first-order valence-electron chi connectivity index (χ1n) is 6.49. The second-order valence-electron chi connectivity index (χ2n) is 4.58. The zero-order valence-electron chi connectivity index (χ0n) is 11.5. The lowest BCUT2D eigenvalue weighted by Gasteiger charge is -1.98. The predicted octanol–water partition coefficient (Wildman–Crippen LogP) is 5.31. The lowest BCUT2D eigenvalue weighted by molar-refractivity contribution is 0.419. The van der Waals surface area contributed by atoms with E-state index in [9.17, 15) is 0 Å². The largest absolute Gasteiger partial charge is 0.494 e. The van der Waals surface area contributed by atoms with Gasteiger partial charge in [0.15, 0.2) is 10.3 Å². The molecule has 4 aromatic rings. The predicted molar refractivity (Wildman–Crippen MR) is 94.1 cm³/mol. The van der Waals surface area contributed by atoms with Crippen LogP contribution in [0.25, 0.3) is 20.4 Å². The molecule has 0 saturated heterocycles. The molecule has 0 aliphatic carbocycles. The van der Waals surface area contributed by atoms with Crippen molar-refractivity contribution in [2.75, 3.05) is 12.4 Å². The van der Waals surface area contributed by atoms with Gasteiger partial charge in [-0.05, 0) is 30.3 Å². The highest BCUT2D eigenvalue weighted by molar-refractivity contribution is 7.24. The van der Waals surface area contributed by atoms with Gasteiger partial charge in [0.05, 0.1) is 22.0 Å². The maximum Gasteiger partial charge on any atom is 0.190 e. The van der Waals surface area contributed by atoms with Crippen LogP contribution in [0.2, 0.25) is 5.02 Å². The molecule has 0 saturated carbocycles. The lowest BCUT2D eigenvalue weighted by atomic mass is 10.3. The molecule has 7 heteroatoms. The summed E-state index contributed by atoms with van der Waals surface area (Å²) in [6, 6.07) is 11.6. The minimum absolute atomic E-state index is 0.715. The van der Waals surface area contributed by atoms with Crippen molar-refractivity contribution in [3.63, 3.8) is 0 Å². The topological polar surface area (TPSA) is 47.0 Å². The summed E-state index contributed by atoms with van der Waals surface area (Å²) < 4.78 is 7.47. The summed E-state index contributed by atoms with van der Waals surface area (Å²) in [5, 5.41) is 5.58. The molecule has 0 fully saturated rings. The number of nitrogens with one attached hydrogen (secondary N) is 1. The number of anilines is 2. The number of benzene rings is 2. The minimum atomic E-state index is 0.715. The Kier molecular flexibility index (Phi) is 3.37. The van der Waals surface area contributed by atoms with Crippen LogP contribution in [0.5, 0.6) is 5.75 Å². The fraction of sp³-hybridized carbons (Fsp3) is 0.0667. The van der Waals surface area contributed by atoms with Gasteiger partial charge in [0, 0.05) is 5.02 Å². The maximum absolute atomic E-state index is 6.01. The van der Waals surface area contributed by atoms with Gasteiger partial charge in [-0.1, -0.05) is 40.3 Å². The van der Waals surface area contributed by atoms with Gasteiger partial charge in [0.2, 0.25) is 0 Å². The summed E-state index contributed by atoms with van der Waals surface area (Å²) in [6.07, 6.45) is 0. The Morgan fingerprint density at radius 1 is 1.05 bits per heavy atom. The molecule has 4 rings (SSSR count). The van der Waals surface area contributed by atoms with Crippen LogP contribution in [0, 0.1) is 0 Å². The Morgan fingerprint density at radius 2 is 1.86 bits per heavy atom. The standard InChI is InChI=1S/C15H10ClN3OS2/c1-20-10-3-2-4-11-13(10)18-15(21-11)19-14-17-9-6-5-8(16)7-12(9)22-14/h2-7H,1H3,(H,17,18,19). The molecular weight excluding hydrogens is 338 g/mol. The Bertz CT molecular complexity index is 979. The van der Waals surface area contributed by atoms with Crippen LogP contribution in [0.15, 0.2) is 36.4 Å². The normalized spacial score (nSPS) is 11.2. The van der Waals surface area contributed by atoms with Gasteiger partial charge in [-0.25, -0.2) is 9.97 Å². The fourth-order valence-corrected chi connectivity index (χ4v) is 4.27. The summed E-state index contributed by atoms with van der Waals surface area (Å²) in [6.45, 7) is 0. The molecule has 22 heavy (non-hydrogen) atoms. The highest BCUT2D eigenvalue weighted by Crippen LogP contribution is 2.35. The fourth-order valence-electron chi connectivity index (χ4n) is 2.18. The number of ether oxygens (including phenoxy) is 1. The third-order valence-electron chi connectivity index (χ3n) is 3.17. The number of para-hydroxylation sites is 1. The van der Waals surface area contributed by atoms with Crippen LogP contribution in [0.4, 0.5) is 10.3 Å². The Morgan fingerprint density at radius 3 is 2.73 bits per heavy atom. The number of aromatic nitrogens is 2. The molecule has 2 aromatic heterocycles. The highest BCUT2D eigenvalue weighted by Gasteiger charge is 2.10. The molecule has 1 N–H and O–H groups in total. The molecular formula is C15H10ClN3OS2. The van der Waals surface area contributed by atoms with Crippen molar-refractivity contribution < 1.29 is 4.74 Å². The zero-order valence-corrected chi connectivity index (χ0v) is 13.9. The molecule has 0 atom stereocenters. The van der Waals surface area contributed by atoms with E-state index in [4.69, 9.17) is 16.3 Å². The van der Waals surface area contributed by atoms with E-state index in [1.54, 1.807) is 29.8 Å². The monoisotopic (exact) mass is 347 g/mol. The molecule has 4 nitrogen and oxygen atoms in total. The van der Waals surface area contributed by atoms with Crippen molar-refractivity contribution in [3.05, 3.63) is 41.4 Å². The van der Waals surface area contributed by atoms with Crippen molar-refractivity contribution in [2.24, 2.45) is 0 Å². The molecule has 2 aromatic carbocycles. The van der Waals surface area contributed by atoms with E-state index in [1.807, 2.05) is 36.4 Å². The third kappa shape index (κ3) is 2.39. The molecule has 110 valence electrons. The number of methoxy groups -OCH3 is 1. The second kappa shape index (κ2) is 5.39. The summed E-state index contributed by atoms with van der Waals surface area (Å²) in [5.74, 6) is 0.776. The molecule has 0 aliphatic heterocycles. The van der Waals surface area contributed by atoms with Gasteiger partial charge < -0.3 is 10.1 Å². The molecule has 0 radical (unpaired) electrons. The van der Waals surface area contributed by atoms with Crippen molar-refractivity contribution in [1.29, 1.82) is 0 Å². The van der Waals surface area contributed by atoms with Crippen molar-refractivity contribution in [1.82, 2.24) is 9.97 Å². The summed E-state index contributed by atoms with van der Waals surface area (Å²) >= 11 is 9.14. The first kappa shape index (κ1) is 13.8. The second-order valence-corrected chi connectivity index (χ2v) is 7.08. The summed E-state index contributed by atoms with van der Waals surface area (Å²) in [4.78, 5) is 9.14. The van der Waals surface area contributed by atoms with Gasteiger partial charge in [-0.2, -0.15) is 0 Å². The van der Waals surface area contributed by atoms with Gasteiger partial charge >= 0.3 is 0 Å². The van der Waals surface area contributed by atoms with E-state index in [2.05, 4.69) is 15.3 Å². The van der Waals surface area contributed by atoms with Crippen LogP contribution in [0.3, 0.4) is 0 Å². The minimum Gasteiger partial charge on any atom is -0.494 e. The van der Waals surface area contributed by atoms with Crippen molar-refractivity contribution in [3.8, 4) is 5.75 Å². The van der Waals surface area contributed by atoms with Crippen molar-refractivity contribution >= 4 is 65.0 Å². The molecule has 0 bridgehead atoms. The number of hydrogen-bond donors (Lipinski definition) is 1. The van der Waals surface area contributed by atoms with Gasteiger partial charge in [0.1, 0.15) is 11.3 Å². The molecule has 0 aliphatic rings. The van der Waals surface area contributed by atoms with Crippen LogP contribution in [-0.2, 0) is 0 Å². The van der Waals surface area contributed by atoms with E-state index in [-0.39, 0.29) is 0 Å². The Hall–Kier alpha value is -1.89. The first-order valence-corrected chi connectivity index (χ1v) is 8.51. The molecule has 0 unspecified atom stereocenters. The van der Waals surface area contributed by atoms with E-state index in [1.165, 1.54) is 0 Å². The number of nitrogens with zero attached hydrogens (tertiary/aromatic N) is 2. The van der Waals surface area contributed by atoms with E-state index < -0.39 is 0 Å². The van der Waals surface area contributed by atoms with Crippen LogP contribution in [-0.4, -0.2) is 17.1 Å². The Labute approximate surface area is 139 Å². The lowest BCUT2D eigenvalue weighted by Crippen LogP contribution is -1.88. The molecule has 0 amide bonds. The summed E-state index contributed by atoms with van der Waals surface area (Å²) in [7, 11) is 1.65. The highest BCUT2D eigenvalue weighted by atomic mass is 35.5. The van der Waals surface area contributed by atoms with E-state index in [0.717, 1.165) is 36.4 Å². The van der Waals surface area contributed by atoms with Gasteiger partial charge in [-0.15, -0.1) is 0 Å². The number of thiazole rings is 2. The smallest absolute Gasteiger partial charge is 0.190 e. The average molecular weight is 348 g/mol. The quantitative estimate of drug-likeness (QED) is 0.545. The Balaban J connectivity index is 1.72. The van der Waals surface area contributed by atoms with Gasteiger partial charge in [0.25, 0.3) is 0 Å². The molecule has 2 heterocycles.